The predicted octanol–water partition coefficient (Wildman–Crippen LogP) is 3.31. The Kier molecular flexibility index (Phi) is 8.18. The summed E-state index contributed by atoms with van der Waals surface area (Å²) in [7, 11) is -7.22. The van der Waals surface area contributed by atoms with Crippen molar-refractivity contribution in [2.75, 3.05) is 18.8 Å². The Morgan fingerprint density at radius 3 is 2.10 bits per heavy atom. The van der Waals surface area contributed by atoms with Crippen LogP contribution in [0.4, 0.5) is 4.39 Å². The molecule has 0 saturated carbocycles. The van der Waals surface area contributed by atoms with Crippen LogP contribution < -0.4 is 0 Å². The van der Waals surface area contributed by atoms with E-state index in [1.165, 1.54) is 16.4 Å². The van der Waals surface area contributed by atoms with E-state index in [1.54, 1.807) is 18.5 Å². The molecule has 0 radical (unpaired) electrons. The minimum Gasteiger partial charge on any atom is -0.268 e. The van der Waals surface area contributed by atoms with E-state index in [1.807, 2.05) is 13.8 Å². The molecule has 0 amide bonds. The van der Waals surface area contributed by atoms with Crippen molar-refractivity contribution >= 4 is 19.9 Å². The van der Waals surface area contributed by atoms with Crippen LogP contribution in [-0.2, 0) is 26.4 Å². The highest BCUT2D eigenvalue weighted by atomic mass is 32.2. The van der Waals surface area contributed by atoms with Crippen molar-refractivity contribution in [3.05, 3.63) is 41.5 Å². The van der Waals surface area contributed by atoms with Gasteiger partial charge in [0.05, 0.1) is 22.0 Å². The van der Waals surface area contributed by atoms with Gasteiger partial charge in [0.2, 0.25) is 10.0 Å². The van der Waals surface area contributed by atoms with Crippen LogP contribution in [0.5, 0.6) is 0 Å². The lowest BCUT2D eigenvalue weighted by Gasteiger charge is -2.21. The first-order valence-electron chi connectivity index (χ1n) is 10.1. The van der Waals surface area contributed by atoms with Crippen LogP contribution in [0.1, 0.15) is 44.5 Å². The number of hydrogen-bond acceptors (Lipinski definition) is 5. The summed E-state index contributed by atoms with van der Waals surface area (Å²) < 4.78 is 67.2. The Hall–Kier alpha value is -1.78. The molecule has 7 nitrogen and oxygen atoms in total. The first-order valence-corrected chi connectivity index (χ1v) is 13.2. The smallest absolute Gasteiger partial charge is 0.246 e. The second-order valence-electron chi connectivity index (χ2n) is 7.25. The number of sulfone groups is 1. The van der Waals surface area contributed by atoms with Crippen molar-refractivity contribution < 1.29 is 21.2 Å². The third kappa shape index (κ3) is 5.47. The van der Waals surface area contributed by atoms with Crippen molar-refractivity contribution in [3.8, 4) is 0 Å². The molecule has 1 aromatic heterocycles. The van der Waals surface area contributed by atoms with Crippen LogP contribution in [0.3, 0.4) is 0 Å². The summed E-state index contributed by atoms with van der Waals surface area (Å²) in [5.74, 6) is -0.637. The van der Waals surface area contributed by atoms with Gasteiger partial charge in [-0.25, -0.2) is 21.2 Å². The second kappa shape index (κ2) is 10.0. The lowest BCUT2D eigenvalue weighted by molar-refractivity contribution is 0.409. The molecule has 0 N–H and O–H groups in total. The van der Waals surface area contributed by atoms with Crippen LogP contribution in [0.2, 0.25) is 0 Å². The van der Waals surface area contributed by atoms with Gasteiger partial charge in [-0.1, -0.05) is 13.8 Å². The van der Waals surface area contributed by atoms with Gasteiger partial charge in [0.25, 0.3) is 0 Å². The third-order valence-corrected chi connectivity index (χ3v) is 8.78. The molecule has 2 aromatic rings. The van der Waals surface area contributed by atoms with E-state index < -0.39 is 25.7 Å². The fraction of sp³-hybridized carbons (Fsp3) is 0.550. The van der Waals surface area contributed by atoms with Gasteiger partial charge in [-0.05, 0) is 57.4 Å². The van der Waals surface area contributed by atoms with E-state index in [0.29, 0.717) is 37.3 Å². The first-order chi connectivity index (χ1) is 14.0. The minimum atomic E-state index is -3.67. The molecule has 0 aliphatic rings. The number of sulfonamides is 1. The van der Waals surface area contributed by atoms with E-state index in [2.05, 4.69) is 5.10 Å². The van der Waals surface area contributed by atoms with Gasteiger partial charge in [-0.15, -0.1) is 0 Å². The minimum absolute atomic E-state index is 0.0651. The van der Waals surface area contributed by atoms with Gasteiger partial charge in [0, 0.05) is 19.6 Å². The highest BCUT2D eigenvalue weighted by molar-refractivity contribution is 7.91. The summed E-state index contributed by atoms with van der Waals surface area (Å²) in [5.41, 5.74) is 0.912. The number of nitrogens with zero attached hydrogens (tertiary/aromatic N) is 3. The molecule has 2 rings (SSSR count). The molecule has 168 valence electrons. The van der Waals surface area contributed by atoms with Crippen molar-refractivity contribution in [2.45, 2.75) is 63.3 Å². The topological polar surface area (TPSA) is 89.3 Å². The molecule has 1 aromatic carbocycles. The monoisotopic (exact) mass is 459 g/mol. The van der Waals surface area contributed by atoms with Crippen molar-refractivity contribution in [1.29, 1.82) is 0 Å². The van der Waals surface area contributed by atoms with Gasteiger partial charge in [-0.3, -0.25) is 4.68 Å². The van der Waals surface area contributed by atoms with Crippen LogP contribution in [0.25, 0.3) is 0 Å². The summed E-state index contributed by atoms with van der Waals surface area (Å²) in [5, 5.41) is 4.35. The van der Waals surface area contributed by atoms with Crippen molar-refractivity contribution in [2.24, 2.45) is 0 Å². The SMILES string of the molecule is CCCN(CCC)S(=O)(=O)c1c(C)nn(CCCS(=O)(=O)c2ccc(F)cc2)c1C. The van der Waals surface area contributed by atoms with Crippen LogP contribution in [-0.4, -0.2) is 49.8 Å². The fourth-order valence-corrected chi connectivity index (χ4v) is 6.71. The van der Waals surface area contributed by atoms with E-state index in [-0.39, 0.29) is 28.5 Å². The average Bonchev–Trinajstić information content (AvgIpc) is 2.95. The maximum Gasteiger partial charge on any atom is 0.246 e. The maximum atomic E-state index is 13.2. The van der Waals surface area contributed by atoms with Gasteiger partial charge < -0.3 is 0 Å². The molecule has 0 aliphatic carbocycles. The van der Waals surface area contributed by atoms with Crippen molar-refractivity contribution in [3.63, 3.8) is 0 Å². The molecular formula is C20H30FN3O4S2. The molecular weight excluding hydrogens is 429 g/mol. The average molecular weight is 460 g/mol. The summed E-state index contributed by atoms with van der Waals surface area (Å²) in [6, 6.07) is 4.72. The number of halogens is 1. The van der Waals surface area contributed by atoms with Crippen molar-refractivity contribution in [1.82, 2.24) is 14.1 Å². The number of hydrogen-bond donors (Lipinski definition) is 0. The molecule has 1 heterocycles. The standard InChI is InChI=1S/C20H30FN3O4S2/c1-5-12-23(13-6-2)30(27,28)20-16(3)22-24(17(20)4)14-7-15-29(25,26)19-10-8-18(21)9-11-19/h8-11H,5-7,12-15H2,1-4H3. The zero-order chi connectivity index (χ0) is 22.5. The van der Waals surface area contributed by atoms with Crippen LogP contribution >= 0.6 is 0 Å². The molecule has 0 saturated heterocycles. The third-order valence-electron chi connectivity index (χ3n) is 4.81. The second-order valence-corrected chi connectivity index (χ2v) is 11.2. The molecule has 0 fully saturated rings. The van der Waals surface area contributed by atoms with Gasteiger partial charge in [-0.2, -0.15) is 9.40 Å². The lowest BCUT2D eigenvalue weighted by Crippen LogP contribution is -2.33. The van der Waals surface area contributed by atoms with E-state index in [0.717, 1.165) is 12.1 Å². The van der Waals surface area contributed by atoms with Crippen LogP contribution in [0.15, 0.2) is 34.1 Å². The summed E-state index contributed by atoms with van der Waals surface area (Å²) >= 11 is 0. The molecule has 10 heteroatoms. The number of benzene rings is 1. The van der Waals surface area contributed by atoms with E-state index >= 15 is 0 Å². The van der Waals surface area contributed by atoms with Crippen LogP contribution in [0, 0.1) is 19.7 Å². The van der Waals surface area contributed by atoms with E-state index in [9.17, 15) is 21.2 Å². The zero-order valence-electron chi connectivity index (χ0n) is 17.9. The lowest BCUT2D eigenvalue weighted by atomic mass is 10.3. The number of rotatable bonds is 11. The Bertz CT molecular complexity index is 1060. The Balaban J connectivity index is 2.18. The Morgan fingerprint density at radius 2 is 1.57 bits per heavy atom. The zero-order valence-corrected chi connectivity index (χ0v) is 19.6. The molecule has 0 aliphatic heterocycles. The number of aryl methyl sites for hydroxylation is 2. The normalized spacial score (nSPS) is 12.6. The summed E-state index contributed by atoms with van der Waals surface area (Å²) in [6.07, 6.45) is 1.69. The largest absolute Gasteiger partial charge is 0.268 e. The highest BCUT2D eigenvalue weighted by Gasteiger charge is 2.30. The number of aromatic nitrogens is 2. The first kappa shape index (κ1) is 24.5. The van der Waals surface area contributed by atoms with Gasteiger partial charge in [0.1, 0.15) is 10.7 Å². The fourth-order valence-electron chi connectivity index (χ4n) is 3.42. The van der Waals surface area contributed by atoms with Gasteiger partial charge in [0.15, 0.2) is 9.84 Å². The molecule has 30 heavy (non-hydrogen) atoms. The quantitative estimate of drug-likeness (QED) is 0.481. The Morgan fingerprint density at radius 1 is 1.00 bits per heavy atom. The molecule has 0 unspecified atom stereocenters. The summed E-state index contributed by atoms with van der Waals surface area (Å²) in [4.78, 5) is 0.265. The molecule has 0 atom stereocenters. The highest BCUT2D eigenvalue weighted by Crippen LogP contribution is 2.24. The molecule has 0 spiro atoms. The summed E-state index contributed by atoms with van der Waals surface area (Å²) in [6.45, 7) is 8.36. The molecule has 0 bridgehead atoms. The van der Waals surface area contributed by atoms with Gasteiger partial charge >= 0.3 is 0 Å². The Labute approximate surface area is 178 Å². The predicted molar refractivity (Wildman–Crippen MR) is 114 cm³/mol. The van der Waals surface area contributed by atoms with E-state index in [4.69, 9.17) is 0 Å². The maximum absolute atomic E-state index is 13.2.